The number of hydrogen-bond donors (Lipinski definition) is 1. The number of benzene rings is 2. The molecule has 3 aromatic rings. The minimum absolute atomic E-state index is 0.184. The minimum atomic E-state index is -0.371. The van der Waals surface area contributed by atoms with Crippen molar-refractivity contribution in [3.63, 3.8) is 0 Å². The first kappa shape index (κ1) is 23.3. The molecule has 0 bridgehead atoms. The Bertz CT molecular complexity index is 1230. The fourth-order valence-electron chi connectivity index (χ4n) is 3.39. The molecular weight excluding hydrogens is 458 g/mol. The van der Waals surface area contributed by atoms with Crippen LogP contribution in [-0.2, 0) is 16.1 Å². The van der Waals surface area contributed by atoms with Gasteiger partial charge in [0.2, 0.25) is 5.91 Å². The van der Waals surface area contributed by atoms with Gasteiger partial charge in [0, 0.05) is 29.5 Å². The van der Waals surface area contributed by atoms with Gasteiger partial charge >= 0.3 is 0 Å². The smallest absolute Gasteiger partial charge is 0.265 e. The minimum Gasteiger partial charge on any atom is -0.485 e. The Hall–Kier alpha value is -3.91. The van der Waals surface area contributed by atoms with Crippen LogP contribution >= 0.6 is 11.6 Å². The molecule has 34 heavy (non-hydrogen) atoms. The summed E-state index contributed by atoms with van der Waals surface area (Å²) in [5.74, 6) is -0.0395. The summed E-state index contributed by atoms with van der Waals surface area (Å²) in [4.78, 5) is 43.0. The van der Waals surface area contributed by atoms with E-state index >= 15 is 0 Å². The maximum Gasteiger partial charge on any atom is 0.265 e. The molecule has 0 unspecified atom stereocenters. The molecule has 0 atom stereocenters. The van der Waals surface area contributed by atoms with Gasteiger partial charge in [-0.2, -0.15) is 0 Å². The van der Waals surface area contributed by atoms with E-state index < -0.39 is 0 Å². The van der Waals surface area contributed by atoms with E-state index in [0.29, 0.717) is 34.3 Å². The largest absolute Gasteiger partial charge is 0.485 e. The average Bonchev–Trinajstić information content (AvgIpc) is 2.85. The first-order valence-corrected chi connectivity index (χ1v) is 10.9. The van der Waals surface area contributed by atoms with E-state index in [1.165, 1.54) is 4.90 Å². The number of rotatable bonds is 8. The maximum atomic E-state index is 12.7. The van der Waals surface area contributed by atoms with Crippen molar-refractivity contribution in [1.29, 1.82) is 0 Å². The molecule has 2 amide bonds. The van der Waals surface area contributed by atoms with Crippen LogP contribution in [0.2, 0.25) is 5.02 Å². The molecule has 2 aromatic carbocycles. The third kappa shape index (κ3) is 5.52. The van der Waals surface area contributed by atoms with Gasteiger partial charge in [0.25, 0.3) is 5.91 Å². The van der Waals surface area contributed by atoms with Gasteiger partial charge in [0.15, 0.2) is 19.0 Å². The molecule has 0 fully saturated rings. The lowest BCUT2D eigenvalue weighted by molar-refractivity contribution is -0.125. The second-order valence-electron chi connectivity index (χ2n) is 7.71. The number of nitrogens with one attached hydrogen (secondary N) is 1. The van der Waals surface area contributed by atoms with Crippen molar-refractivity contribution in [2.75, 3.05) is 24.7 Å². The standard InChI is InChI=1S/C25H22ClN3O5/c1-16-10-19(3-4-20(16)26)33-14-22(30)18-2-5-23-21(11-18)29(25(32)15-34-23)13-24(31)28-12-17-6-8-27-9-7-17/h2-11H,12-15H2,1H3,(H,28,31). The van der Waals surface area contributed by atoms with Crippen LogP contribution in [0.5, 0.6) is 11.5 Å². The van der Waals surface area contributed by atoms with Crippen molar-refractivity contribution < 1.29 is 23.9 Å². The van der Waals surface area contributed by atoms with Gasteiger partial charge in [-0.05, 0) is 66.6 Å². The Morgan fingerprint density at radius 2 is 1.94 bits per heavy atom. The molecule has 1 aliphatic heterocycles. The second kappa shape index (κ2) is 10.4. The summed E-state index contributed by atoms with van der Waals surface area (Å²) in [5, 5.41) is 3.40. The normalized spacial score (nSPS) is 12.5. The lowest BCUT2D eigenvalue weighted by Crippen LogP contribution is -2.45. The zero-order valence-corrected chi connectivity index (χ0v) is 19.2. The molecule has 0 spiro atoms. The summed E-state index contributed by atoms with van der Waals surface area (Å²) in [7, 11) is 0. The first-order valence-electron chi connectivity index (χ1n) is 10.6. The molecule has 1 aliphatic rings. The van der Waals surface area contributed by atoms with E-state index in [0.717, 1.165) is 11.1 Å². The van der Waals surface area contributed by atoms with Crippen LogP contribution in [0.25, 0.3) is 0 Å². The molecule has 0 aliphatic carbocycles. The zero-order chi connectivity index (χ0) is 24.1. The Kier molecular flexibility index (Phi) is 7.08. The molecule has 1 aromatic heterocycles. The third-order valence-corrected chi connectivity index (χ3v) is 5.69. The van der Waals surface area contributed by atoms with Crippen LogP contribution in [0.4, 0.5) is 5.69 Å². The molecule has 0 saturated heterocycles. The van der Waals surface area contributed by atoms with Gasteiger partial charge in [-0.1, -0.05) is 11.6 Å². The second-order valence-corrected chi connectivity index (χ2v) is 8.11. The van der Waals surface area contributed by atoms with E-state index in [1.54, 1.807) is 60.9 Å². The SMILES string of the molecule is Cc1cc(OCC(=O)c2ccc3c(c2)N(CC(=O)NCc2ccncc2)C(=O)CO3)ccc1Cl. The summed E-state index contributed by atoms with van der Waals surface area (Å²) in [5.41, 5.74) is 2.43. The average molecular weight is 480 g/mol. The summed E-state index contributed by atoms with van der Waals surface area (Å²) in [6.07, 6.45) is 3.28. The van der Waals surface area contributed by atoms with Crippen molar-refractivity contribution >= 4 is 34.9 Å². The Balaban J connectivity index is 1.44. The van der Waals surface area contributed by atoms with E-state index in [9.17, 15) is 14.4 Å². The van der Waals surface area contributed by atoms with Crippen molar-refractivity contribution in [1.82, 2.24) is 10.3 Å². The van der Waals surface area contributed by atoms with E-state index in [2.05, 4.69) is 10.3 Å². The van der Waals surface area contributed by atoms with Gasteiger partial charge in [-0.15, -0.1) is 0 Å². The van der Waals surface area contributed by atoms with Crippen LogP contribution in [0.3, 0.4) is 0 Å². The molecular formula is C25H22ClN3O5. The predicted molar refractivity (Wildman–Crippen MR) is 126 cm³/mol. The van der Waals surface area contributed by atoms with Crippen LogP contribution < -0.4 is 19.7 Å². The number of ketones is 1. The Morgan fingerprint density at radius 1 is 1.15 bits per heavy atom. The Labute approximate surface area is 201 Å². The number of ether oxygens (including phenoxy) is 2. The number of aryl methyl sites for hydroxylation is 1. The topological polar surface area (TPSA) is 97.8 Å². The van der Waals surface area contributed by atoms with Gasteiger partial charge in [0.1, 0.15) is 18.0 Å². The number of nitrogens with zero attached hydrogens (tertiary/aromatic N) is 2. The number of fused-ring (bicyclic) bond motifs is 1. The quantitative estimate of drug-likeness (QED) is 0.497. The molecule has 174 valence electrons. The fraction of sp³-hybridized carbons (Fsp3) is 0.200. The summed E-state index contributed by atoms with van der Waals surface area (Å²) >= 11 is 6.02. The van der Waals surface area contributed by atoms with E-state index in [1.807, 2.05) is 6.92 Å². The zero-order valence-electron chi connectivity index (χ0n) is 18.4. The third-order valence-electron chi connectivity index (χ3n) is 5.26. The number of hydrogen-bond acceptors (Lipinski definition) is 6. The Morgan fingerprint density at radius 3 is 2.71 bits per heavy atom. The highest BCUT2D eigenvalue weighted by Gasteiger charge is 2.28. The number of anilines is 1. The number of Topliss-reactive ketones (excluding diaryl/α,β-unsaturated/α-hetero) is 1. The van der Waals surface area contributed by atoms with Gasteiger partial charge in [0.05, 0.1) is 5.69 Å². The highest BCUT2D eigenvalue weighted by atomic mass is 35.5. The molecule has 9 heteroatoms. The molecule has 1 N–H and O–H groups in total. The molecule has 2 heterocycles. The number of carbonyl (C=O) groups is 3. The number of carbonyl (C=O) groups excluding carboxylic acids is 3. The van der Waals surface area contributed by atoms with Crippen LogP contribution in [-0.4, -0.2) is 42.3 Å². The maximum absolute atomic E-state index is 12.7. The van der Waals surface area contributed by atoms with Gasteiger partial charge < -0.3 is 14.8 Å². The number of aromatic nitrogens is 1. The summed E-state index contributed by atoms with van der Waals surface area (Å²) in [6, 6.07) is 13.5. The lowest BCUT2D eigenvalue weighted by atomic mass is 10.1. The van der Waals surface area contributed by atoms with E-state index in [-0.39, 0.29) is 37.4 Å². The lowest BCUT2D eigenvalue weighted by Gasteiger charge is -2.29. The van der Waals surface area contributed by atoms with Crippen molar-refractivity contribution in [2.24, 2.45) is 0 Å². The monoisotopic (exact) mass is 479 g/mol. The molecule has 8 nitrogen and oxygen atoms in total. The van der Waals surface area contributed by atoms with Crippen LogP contribution in [0.15, 0.2) is 60.9 Å². The van der Waals surface area contributed by atoms with Crippen molar-refractivity contribution in [2.45, 2.75) is 13.5 Å². The molecule has 0 saturated carbocycles. The predicted octanol–water partition coefficient (Wildman–Crippen LogP) is 3.35. The highest BCUT2D eigenvalue weighted by molar-refractivity contribution is 6.31. The highest BCUT2D eigenvalue weighted by Crippen LogP contribution is 2.33. The molecule has 0 radical (unpaired) electrons. The van der Waals surface area contributed by atoms with Crippen LogP contribution in [0.1, 0.15) is 21.5 Å². The summed E-state index contributed by atoms with van der Waals surface area (Å²) in [6.45, 7) is 1.59. The van der Waals surface area contributed by atoms with Crippen molar-refractivity contribution in [3.05, 3.63) is 82.6 Å². The van der Waals surface area contributed by atoms with E-state index in [4.69, 9.17) is 21.1 Å². The number of halogens is 1. The first-order chi connectivity index (χ1) is 16.4. The van der Waals surface area contributed by atoms with Crippen molar-refractivity contribution in [3.8, 4) is 11.5 Å². The number of amides is 2. The van der Waals surface area contributed by atoms with Gasteiger partial charge in [-0.3, -0.25) is 24.3 Å². The van der Waals surface area contributed by atoms with Gasteiger partial charge in [-0.25, -0.2) is 0 Å². The summed E-state index contributed by atoms with van der Waals surface area (Å²) < 4.78 is 11.1. The fourth-order valence-corrected chi connectivity index (χ4v) is 3.51. The molecule has 4 rings (SSSR count). The number of pyridine rings is 1. The van der Waals surface area contributed by atoms with Crippen LogP contribution in [0, 0.1) is 6.92 Å².